The predicted molar refractivity (Wildman–Crippen MR) is 63.5 cm³/mol. The molecule has 0 fully saturated rings. The summed E-state index contributed by atoms with van der Waals surface area (Å²) in [5, 5.41) is 0.473. The van der Waals surface area contributed by atoms with E-state index < -0.39 is 6.61 Å². The van der Waals surface area contributed by atoms with Crippen LogP contribution in [0.5, 0.6) is 5.75 Å². The van der Waals surface area contributed by atoms with Crippen molar-refractivity contribution >= 4 is 37.6 Å². The molecule has 0 unspecified atom stereocenters. The summed E-state index contributed by atoms with van der Waals surface area (Å²) in [4.78, 5) is 11.7. The van der Waals surface area contributed by atoms with Crippen molar-refractivity contribution in [1.82, 2.24) is 0 Å². The molecule has 0 N–H and O–H groups in total. The second-order valence-electron chi connectivity index (χ2n) is 2.85. The van der Waals surface area contributed by atoms with Crippen molar-refractivity contribution in [2.24, 2.45) is 0 Å². The molecule has 1 aromatic rings. The van der Waals surface area contributed by atoms with Gasteiger partial charge in [0, 0.05) is 16.2 Å². The normalized spacial score (nSPS) is 10.6. The summed E-state index contributed by atoms with van der Waals surface area (Å²) < 4.78 is 29.0. The minimum atomic E-state index is -2.94. The molecular formula is C10H8Br2F2O2. The van der Waals surface area contributed by atoms with Gasteiger partial charge in [-0.05, 0) is 28.1 Å². The van der Waals surface area contributed by atoms with Gasteiger partial charge < -0.3 is 4.74 Å². The standard InChI is InChI=1S/C10H8Br2F2O2/c11-5-4-7(15)9-6(12)2-1-3-8(9)16-10(13)14/h1-3,10H,4-5H2. The zero-order valence-corrected chi connectivity index (χ0v) is 11.2. The number of hydrogen-bond acceptors (Lipinski definition) is 2. The highest BCUT2D eigenvalue weighted by Gasteiger charge is 2.18. The van der Waals surface area contributed by atoms with E-state index in [1.165, 1.54) is 12.1 Å². The number of Topliss-reactive ketones (excluding diaryl/α,β-unsaturated/α-hetero) is 1. The van der Waals surface area contributed by atoms with E-state index in [4.69, 9.17) is 0 Å². The highest BCUT2D eigenvalue weighted by atomic mass is 79.9. The Labute approximate surface area is 108 Å². The third-order valence-corrected chi connectivity index (χ3v) is 2.85. The van der Waals surface area contributed by atoms with Crippen LogP contribution < -0.4 is 4.74 Å². The lowest BCUT2D eigenvalue weighted by molar-refractivity contribution is -0.0501. The minimum Gasteiger partial charge on any atom is -0.434 e. The number of halogens is 4. The van der Waals surface area contributed by atoms with Crippen LogP contribution in [0.3, 0.4) is 0 Å². The minimum absolute atomic E-state index is 0.102. The first kappa shape index (κ1) is 13.6. The van der Waals surface area contributed by atoms with Crippen LogP contribution in [0.2, 0.25) is 0 Å². The molecule has 0 bridgehead atoms. The fraction of sp³-hybridized carbons (Fsp3) is 0.300. The fourth-order valence-electron chi connectivity index (χ4n) is 1.18. The molecule has 0 aromatic heterocycles. The van der Waals surface area contributed by atoms with Gasteiger partial charge in [-0.3, -0.25) is 4.79 Å². The van der Waals surface area contributed by atoms with Crippen LogP contribution in [-0.2, 0) is 0 Å². The van der Waals surface area contributed by atoms with Crippen molar-refractivity contribution in [3.8, 4) is 5.75 Å². The summed E-state index contributed by atoms with van der Waals surface area (Å²) in [5.41, 5.74) is 0.155. The zero-order chi connectivity index (χ0) is 12.1. The molecule has 1 aromatic carbocycles. The predicted octanol–water partition coefficient (Wildman–Crippen LogP) is 4.02. The van der Waals surface area contributed by atoms with Gasteiger partial charge in [0.2, 0.25) is 0 Å². The van der Waals surface area contributed by atoms with E-state index in [0.29, 0.717) is 9.80 Å². The number of carbonyl (C=O) groups is 1. The van der Waals surface area contributed by atoms with Gasteiger partial charge in [0.1, 0.15) is 5.75 Å². The number of benzene rings is 1. The molecule has 0 radical (unpaired) electrons. The van der Waals surface area contributed by atoms with Crippen molar-refractivity contribution in [3.63, 3.8) is 0 Å². The maximum atomic E-state index is 12.1. The molecule has 2 nitrogen and oxygen atoms in total. The Morgan fingerprint density at radius 1 is 1.44 bits per heavy atom. The molecule has 0 aliphatic heterocycles. The van der Waals surface area contributed by atoms with Gasteiger partial charge in [0.25, 0.3) is 0 Å². The van der Waals surface area contributed by atoms with Crippen molar-refractivity contribution in [2.75, 3.05) is 5.33 Å². The van der Waals surface area contributed by atoms with Gasteiger partial charge >= 0.3 is 6.61 Å². The van der Waals surface area contributed by atoms with Gasteiger partial charge in [-0.25, -0.2) is 0 Å². The third-order valence-electron chi connectivity index (χ3n) is 1.79. The number of rotatable bonds is 5. The lowest BCUT2D eigenvalue weighted by atomic mass is 10.1. The van der Waals surface area contributed by atoms with Crippen molar-refractivity contribution < 1.29 is 18.3 Å². The maximum Gasteiger partial charge on any atom is 0.387 e. The Kier molecular flexibility index (Phi) is 5.34. The summed E-state index contributed by atoms with van der Waals surface area (Å²) in [6.07, 6.45) is 0.224. The first-order valence-electron chi connectivity index (χ1n) is 4.38. The van der Waals surface area contributed by atoms with Crippen LogP contribution in [-0.4, -0.2) is 17.7 Å². The van der Waals surface area contributed by atoms with Gasteiger partial charge in [0.05, 0.1) is 5.56 Å². The Bertz CT molecular complexity index is 383. The Balaban J connectivity index is 3.07. The van der Waals surface area contributed by atoms with Gasteiger partial charge in [-0.15, -0.1) is 0 Å². The van der Waals surface area contributed by atoms with Crippen molar-refractivity contribution in [2.45, 2.75) is 13.0 Å². The Morgan fingerprint density at radius 3 is 2.69 bits per heavy atom. The molecule has 16 heavy (non-hydrogen) atoms. The molecule has 0 aliphatic rings. The molecule has 0 aliphatic carbocycles. The average molecular weight is 358 g/mol. The van der Waals surface area contributed by atoms with Gasteiger partial charge in [0.15, 0.2) is 5.78 Å². The highest BCUT2D eigenvalue weighted by Crippen LogP contribution is 2.29. The molecule has 88 valence electrons. The van der Waals surface area contributed by atoms with E-state index in [-0.39, 0.29) is 23.5 Å². The van der Waals surface area contributed by atoms with Gasteiger partial charge in [-0.1, -0.05) is 22.0 Å². The van der Waals surface area contributed by atoms with Crippen LogP contribution in [0.25, 0.3) is 0 Å². The lowest BCUT2D eigenvalue weighted by Crippen LogP contribution is -2.09. The summed E-state index contributed by atoms with van der Waals surface area (Å²) in [5.74, 6) is -0.352. The highest BCUT2D eigenvalue weighted by molar-refractivity contribution is 9.10. The summed E-state index contributed by atoms with van der Waals surface area (Å²) >= 11 is 6.27. The smallest absolute Gasteiger partial charge is 0.387 e. The Morgan fingerprint density at radius 2 is 2.12 bits per heavy atom. The molecule has 0 atom stereocenters. The van der Waals surface area contributed by atoms with E-state index in [9.17, 15) is 13.6 Å². The molecule has 0 spiro atoms. The fourth-order valence-corrected chi connectivity index (χ4v) is 2.11. The third kappa shape index (κ3) is 3.52. The molecule has 6 heteroatoms. The molecule has 0 heterocycles. The van der Waals surface area contributed by atoms with Crippen LogP contribution in [0.4, 0.5) is 8.78 Å². The zero-order valence-electron chi connectivity index (χ0n) is 8.05. The number of carbonyl (C=O) groups excluding carboxylic acids is 1. The quantitative estimate of drug-likeness (QED) is 0.587. The molecule has 0 saturated carbocycles. The summed E-state index contributed by atoms with van der Waals surface area (Å²) in [6, 6.07) is 4.49. The average Bonchev–Trinajstić information content (AvgIpc) is 2.16. The van der Waals surface area contributed by atoms with Crippen LogP contribution >= 0.6 is 31.9 Å². The summed E-state index contributed by atoms with van der Waals surface area (Å²) in [6.45, 7) is -2.94. The molecular weight excluding hydrogens is 350 g/mol. The maximum absolute atomic E-state index is 12.1. The van der Waals surface area contributed by atoms with Gasteiger partial charge in [-0.2, -0.15) is 8.78 Å². The van der Waals surface area contributed by atoms with E-state index in [1.54, 1.807) is 6.07 Å². The first-order chi connectivity index (χ1) is 7.56. The molecule has 1 rings (SSSR count). The second kappa shape index (κ2) is 6.30. The van der Waals surface area contributed by atoms with E-state index in [0.717, 1.165) is 0 Å². The van der Waals surface area contributed by atoms with E-state index >= 15 is 0 Å². The largest absolute Gasteiger partial charge is 0.434 e. The van der Waals surface area contributed by atoms with Crippen LogP contribution in [0.15, 0.2) is 22.7 Å². The Hall–Kier alpha value is -0.490. The molecule has 0 saturated heterocycles. The van der Waals surface area contributed by atoms with Crippen molar-refractivity contribution in [3.05, 3.63) is 28.2 Å². The SMILES string of the molecule is O=C(CCBr)c1c(Br)cccc1OC(F)F. The second-order valence-corrected chi connectivity index (χ2v) is 4.50. The topological polar surface area (TPSA) is 26.3 Å². The number of alkyl halides is 3. The monoisotopic (exact) mass is 356 g/mol. The van der Waals surface area contributed by atoms with Crippen molar-refractivity contribution in [1.29, 1.82) is 0 Å². The first-order valence-corrected chi connectivity index (χ1v) is 6.30. The summed E-state index contributed by atoms with van der Waals surface area (Å²) in [7, 11) is 0. The van der Waals surface area contributed by atoms with E-state index in [1.807, 2.05) is 0 Å². The van der Waals surface area contributed by atoms with Crippen LogP contribution in [0.1, 0.15) is 16.8 Å². The number of hydrogen-bond donors (Lipinski definition) is 0. The number of ether oxygens (including phenoxy) is 1. The lowest BCUT2D eigenvalue weighted by Gasteiger charge is -2.10. The van der Waals surface area contributed by atoms with E-state index in [2.05, 4.69) is 36.6 Å². The molecule has 0 amide bonds. The van der Waals surface area contributed by atoms with Crippen LogP contribution in [0, 0.1) is 0 Å². The number of ketones is 1.